The van der Waals surface area contributed by atoms with Gasteiger partial charge in [-0.05, 0) is 69.5 Å². The number of hydrogen-bond acceptors (Lipinski definition) is 0. The minimum Gasteiger partial charge on any atom is -0.0646 e. The molecule has 2 unspecified atom stereocenters. The van der Waals surface area contributed by atoms with E-state index in [1.54, 1.807) is 0 Å². The van der Waals surface area contributed by atoms with Crippen LogP contribution in [0.4, 0.5) is 0 Å². The Bertz CT molecular complexity index is 1510. The van der Waals surface area contributed by atoms with E-state index in [2.05, 4.69) is 135 Å². The minimum absolute atomic E-state index is 0.0130. The first kappa shape index (κ1) is 21.6. The van der Waals surface area contributed by atoms with E-state index in [0.29, 0.717) is 11.8 Å². The summed E-state index contributed by atoms with van der Waals surface area (Å²) in [7, 11) is 0. The van der Waals surface area contributed by atoms with E-state index in [-0.39, 0.29) is 5.41 Å². The third-order valence-electron chi connectivity index (χ3n) is 8.14. The van der Waals surface area contributed by atoms with Gasteiger partial charge in [0.1, 0.15) is 0 Å². The lowest BCUT2D eigenvalue weighted by Gasteiger charge is -2.41. The van der Waals surface area contributed by atoms with Crippen molar-refractivity contribution in [1.29, 1.82) is 0 Å². The summed E-state index contributed by atoms with van der Waals surface area (Å²) in [6.07, 6.45) is 2.39. The van der Waals surface area contributed by atoms with Gasteiger partial charge >= 0.3 is 0 Å². The fourth-order valence-corrected chi connectivity index (χ4v) is 7.49. The van der Waals surface area contributed by atoms with Crippen LogP contribution in [0.5, 0.6) is 0 Å². The molecule has 1 heteroatoms. The molecule has 0 nitrogen and oxygen atoms in total. The van der Waals surface area contributed by atoms with Gasteiger partial charge in [0, 0.05) is 16.3 Å². The van der Waals surface area contributed by atoms with Crippen molar-refractivity contribution in [3.05, 3.63) is 128 Å². The molecule has 2 aliphatic carbocycles. The lowest BCUT2D eigenvalue weighted by atomic mass is 9.62. The molecular formula is C33H29Br. The number of benzene rings is 4. The second kappa shape index (κ2) is 7.82. The first-order chi connectivity index (χ1) is 16.4. The van der Waals surface area contributed by atoms with Crippen molar-refractivity contribution >= 4 is 38.4 Å². The molecule has 0 radical (unpaired) electrons. The molecule has 2 aliphatic rings. The smallest absolute Gasteiger partial charge is 0.0250 e. The van der Waals surface area contributed by atoms with E-state index >= 15 is 0 Å². The molecule has 0 aromatic heterocycles. The maximum Gasteiger partial charge on any atom is 0.0250 e. The molecule has 168 valence electrons. The summed E-state index contributed by atoms with van der Waals surface area (Å²) < 4.78 is 1.19. The molecule has 0 aliphatic heterocycles. The average molecular weight is 505 g/mol. The zero-order valence-electron chi connectivity index (χ0n) is 20.2. The normalized spacial score (nSPS) is 19.4. The highest BCUT2D eigenvalue weighted by molar-refractivity contribution is 9.10. The minimum atomic E-state index is 0.0130. The summed E-state index contributed by atoms with van der Waals surface area (Å²) >= 11 is 3.80. The lowest BCUT2D eigenvalue weighted by molar-refractivity contribution is 0.274. The monoisotopic (exact) mass is 504 g/mol. The number of fused-ring (bicyclic) bond motifs is 3. The van der Waals surface area contributed by atoms with Crippen LogP contribution in [-0.4, -0.2) is 0 Å². The molecule has 4 aromatic carbocycles. The van der Waals surface area contributed by atoms with Crippen LogP contribution in [-0.2, 0) is 0 Å². The highest BCUT2D eigenvalue weighted by Crippen LogP contribution is 2.60. The molecule has 0 saturated heterocycles. The molecule has 6 rings (SSSR count). The molecule has 2 atom stereocenters. The number of rotatable bonds is 3. The summed E-state index contributed by atoms with van der Waals surface area (Å²) in [5.41, 5.74) is 11.4. The van der Waals surface area contributed by atoms with Gasteiger partial charge in [-0.1, -0.05) is 126 Å². The topological polar surface area (TPSA) is 0 Å². The zero-order chi connectivity index (χ0) is 23.6. The van der Waals surface area contributed by atoms with Crippen molar-refractivity contribution < 1.29 is 0 Å². The molecule has 4 aromatic rings. The van der Waals surface area contributed by atoms with Gasteiger partial charge < -0.3 is 0 Å². The fourth-order valence-electron chi connectivity index (χ4n) is 6.99. The highest BCUT2D eigenvalue weighted by atomic mass is 79.9. The van der Waals surface area contributed by atoms with Crippen LogP contribution >= 0.6 is 15.9 Å². The van der Waals surface area contributed by atoms with Crippen molar-refractivity contribution in [1.82, 2.24) is 0 Å². The number of halogens is 1. The maximum absolute atomic E-state index is 3.80. The van der Waals surface area contributed by atoms with Gasteiger partial charge in [0.2, 0.25) is 0 Å². The average Bonchev–Trinajstić information content (AvgIpc) is 3.33. The Kier molecular flexibility index (Phi) is 4.97. The Morgan fingerprint density at radius 2 is 1.32 bits per heavy atom. The van der Waals surface area contributed by atoms with Crippen LogP contribution in [0.15, 0.2) is 101 Å². The summed E-state index contributed by atoms with van der Waals surface area (Å²) in [6, 6.07) is 31.3. The van der Waals surface area contributed by atoms with Gasteiger partial charge in [0.05, 0.1) is 0 Å². The van der Waals surface area contributed by atoms with Gasteiger partial charge in [0.15, 0.2) is 0 Å². The quantitative estimate of drug-likeness (QED) is 0.260. The molecule has 0 amide bonds. The van der Waals surface area contributed by atoms with E-state index < -0.39 is 0 Å². The summed E-state index contributed by atoms with van der Waals surface area (Å²) in [5, 5.41) is 2.63. The number of hydrogen-bond donors (Lipinski definition) is 0. The van der Waals surface area contributed by atoms with Crippen molar-refractivity contribution in [3.63, 3.8) is 0 Å². The summed E-state index contributed by atoms with van der Waals surface area (Å²) in [4.78, 5) is 0. The lowest BCUT2D eigenvalue weighted by Crippen LogP contribution is -2.29. The molecule has 0 heterocycles. The Hall–Kier alpha value is -2.90. The second-order valence-electron chi connectivity index (χ2n) is 10.5. The molecule has 34 heavy (non-hydrogen) atoms. The van der Waals surface area contributed by atoms with E-state index in [1.807, 2.05) is 0 Å². The Balaban J connectivity index is 1.58. The molecule has 0 fully saturated rings. The Morgan fingerprint density at radius 3 is 2.18 bits per heavy atom. The van der Waals surface area contributed by atoms with Gasteiger partial charge in [-0.15, -0.1) is 0 Å². The summed E-state index contributed by atoms with van der Waals surface area (Å²) in [6.45, 7) is 9.63. The predicted octanol–water partition coefficient (Wildman–Crippen LogP) is 9.75. The van der Waals surface area contributed by atoms with Gasteiger partial charge in [-0.2, -0.15) is 0 Å². The van der Waals surface area contributed by atoms with Crippen LogP contribution < -0.4 is 0 Å². The predicted molar refractivity (Wildman–Crippen MR) is 149 cm³/mol. The van der Waals surface area contributed by atoms with Gasteiger partial charge in [-0.3, -0.25) is 0 Å². The maximum atomic E-state index is 3.80. The molecular weight excluding hydrogens is 476 g/mol. The van der Waals surface area contributed by atoms with Crippen molar-refractivity contribution in [2.75, 3.05) is 0 Å². The van der Waals surface area contributed by atoms with Crippen LogP contribution in [0.25, 0.3) is 22.4 Å². The van der Waals surface area contributed by atoms with E-state index in [0.717, 1.165) is 0 Å². The Morgan fingerprint density at radius 1 is 0.676 bits per heavy atom. The van der Waals surface area contributed by atoms with Crippen molar-refractivity contribution in [2.24, 2.45) is 5.41 Å². The highest BCUT2D eigenvalue weighted by Gasteiger charge is 2.46. The zero-order valence-corrected chi connectivity index (χ0v) is 21.8. The van der Waals surface area contributed by atoms with Gasteiger partial charge in [0.25, 0.3) is 0 Å². The van der Waals surface area contributed by atoms with E-state index in [4.69, 9.17) is 0 Å². The van der Waals surface area contributed by atoms with Crippen LogP contribution in [0.3, 0.4) is 0 Å². The first-order valence-corrected chi connectivity index (χ1v) is 12.9. The molecule has 0 N–H and O–H groups in total. The first-order valence-electron chi connectivity index (χ1n) is 12.1. The standard InChI is InChI=1S/C33H29Br/c1-20-19-28-27(17-10-18-29(28)34)31(20)33(3,4)32-21(2)30(25-14-7-8-15-26(25)32)24-16-9-12-22-11-5-6-13-23(22)24/h5-19,31-32H,1-4H3. The van der Waals surface area contributed by atoms with Crippen LogP contribution in [0.1, 0.15) is 67.3 Å². The van der Waals surface area contributed by atoms with Crippen LogP contribution in [0, 0.1) is 5.41 Å². The number of allylic oxidation sites excluding steroid dienone is 2. The van der Waals surface area contributed by atoms with Crippen molar-refractivity contribution in [3.8, 4) is 0 Å². The summed E-state index contributed by atoms with van der Waals surface area (Å²) in [5.74, 6) is 0.718. The Labute approximate surface area is 211 Å². The third-order valence-corrected chi connectivity index (χ3v) is 8.83. The SMILES string of the molecule is CC1=Cc2c(Br)cccc2C1C(C)(C)C1C(C)=C(c2cccc3ccccc23)c2ccccc21. The van der Waals surface area contributed by atoms with E-state index in [9.17, 15) is 0 Å². The largest absolute Gasteiger partial charge is 0.0646 e. The van der Waals surface area contributed by atoms with Crippen LogP contribution in [0.2, 0.25) is 0 Å². The van der Waals surface area contributed by atoms with Crippen molar-refractivity contribution in [2.45, 2.75) is 39.5 Å². The molecule has 0 spiro atoms. The molecule has 0 bridgehead atoms. The second-order valence-corrected chi connectivity index (χ2v) is 11.3. The molecule has 0 saturated carbocycles. The van der Waals surface area contributed by atoms with Gasteiger partial charge in [-0.25, -0.2) is 0 Å². The fraction of sp³-hybridized carbons (Fsp3) is 0.212. The third kappa shape index (κ3) is 3.03. The van der Waals surface area contributed by atoms with E-state index in [1.165, 1.54) is 59.8 Å².